The quantitative estimate of drug-likeness (QED) is 0.469. The molecule has 0 atom stereocenters. The zero-order chi connectivity index (χ0) is 5.11. The van der Waals surface area contributed by atoms with Crippen molar-refractivity contribution in [2.45, 2.75) is 0 Å². The summed E-state index contributed by atoms with van der Waals surface area (Å²) in [7, 11) is 2.11. The van der Waals surface area contributed by atoms with E-state index in [0.29, 0.717) is 0 Å². The van der Waals surface area contributed by atoms with Crippen LogP contribution in [0.25, 0.3) is 0 Å². The summed E-state index contributed by atoms with van der Waals surface area (Å²) < 4.78 is 5.10. The van der Waals surface area contributed by atoms with Crippen molar-refractivity contribution in [3.63, 3.8) is 0 Å². The summed E-state index contributed by atoms with van der Waals surface area (Å²) >= 11 is 0. The fourth-order valence-corrected chi connectivity index (χ4v) is 0.655. The first-order valence-electron chi connectivity index (χ1n) is 2.66. The molecule has 50 valence electrons. The van der Waals surface area contributed by atoms with E-state index in [4.69, 9.17) is 4.74 Å². The Hall–Kier alpha value is 1.18. The molecule has 0 bridgehead atoms. The molecule has 0 spiro atoms. The first-order valence-corrected chi connectivity index (χ1v) is 2.66. The molecule has 0 aliphatic carbocycles. The Bertz CT molecular complexity index is 54.4. The van der Waals surface area contributed by atoms with Crippen LogP contribution in [0.2, 0.25) is 0 Å². The van der Waals surface area contributed by atoms with Gasteiger partial charge in [0.15, 0.2) is 0 Å². The van der Waals surface area contributed by atoms with Crippen LogP contribution >= 0.6 is 0 Å². The minimum atomic E-state index is 0. The Morgan fingerprint density at radius 1 is 1.25 bits per heavy atom. The zero-order valence-electron chi connectivity index (χ0n) is 5.04. The van der Waals surface area contributed by atoms with Crippen molar-refractivity contribution in [1.29, 1.82) is 0 Å². The summed E-state index contributed by atoms with van der Waals surface area (Å²) in [4.78, 5) is 2.27. The third-order valence-electron chi connectivity index (χ3n) is 1.23. The SMILES string of the molecule is CN1CCOCC1.[Ar]. The van der Waals surface area contributed by atoms with Crippen LogP contribution in [0.5, 0.6) is 0 Å². The number of hydrogen-bond acceptors (Lipinski definition) is 2. The van der Waals surface area contributed by atoms with Crippen LogP contribution in [0, 0.1) is 37.7 Å². The molecule has 1 aliphatic rings. The fraction of sp³-hybridized carbons (Fsp3) is 1.00. The average Bonchev–Trinajstić information content (AvgIpc) is 1.69. The van der Waals surface area contributed by atoms with E-state index in [2.05, 4.69) is 11.9 Å². The molecule has 1 heterocycles. The number of hydrogen-bond donors (Lipinski definition) is 0. The van der Waals surface area contributed by atoms with Gasteiger partial charge in [0.1, 0.15) is 0 Å². The van der Waals surface area contributed by atoms with Gasteiger partial charge in [-0.15, -0.1) is 0 Å². The topological polar surface area (TPSA) is 12.5 Å². The molecule has 3 heteroatoms. The van der Waals surface area contributed by atoms with Gasteiger partial charge in [-0.25, -0.2) is 0 Å². The van der Waals surface area contributed by atoms with E-state index in [1.807, 2.05) is 0 Å². The van der Waals surface area contributed by atoms with Gasteiger partial charge >= 0.3 is 0 Å². The van der Waals surface area contributed by atoms with Gasteiger partial charge in [0.2, 0.25) is 0 Å². The molecular formula is C5H11ArNO. The van der Waals surface area contributed by atoms with E-state index in [1.165, 1.54) is 0 Å². The van der Waals surface area contributed by atoms with Gasteiger partial charge < -0.3 is 9.64 Å². The predicted octanol–water partition coefficient (Wildman–Crippen LogP) is -0.0516. The second-order valence-corrected chi connectivity index (χ2v) is 1.92. The molecule has 1 fully saturated rings. The van der Waals surface area contributed by atoms with E-state index >= 15 is 0 Å². The molecule has 0 aromatic heterocycles. The van der Waals surface area contributed by atoms with E-state index in [0.717, 1.165) is 26.3 Å². The Balaban J connectivity index is 0.000000490. The second-order valence-electron chi connectivity index (χ2n) is 1.92. The van der Waals surface area contributed by atoms with Gasteiger partial charge in [-0.2, -0.15) is 0 Å². The van der Waals surface area contributed by atoms with Crippen molar-refractivity contribution in [3.05, 3.63) is 0 Å². The van der Waals surface area contributed by atoms with Gasteiger partial charge in [-0.3, -0.25) is 0 Å². The van der Waals surface area contributed by atoms with E-state index < -0.39 is 0 Å². The summed E-state index contributed by atoms with van der Waals surface area (Å²) in [6.07, 6.45) is 0. The summed E-state index contributed by atoms with van der Waals surface area (Å²) in [5.41, 5.74) is 0. The molecule has 1 aliphatic heterocycles. The zero-order valence-corrected chi connectivity index (χ0v) is 5.74. The van der Waals surface area contributed by atoms with Crippen LogP contribution in [0.3, 0.4) is 0 Å². The van der Waals surface area contributed by atoms with E-state index in [-0.39, 0.29) is 37.7 Å². The molecule has 1 saturated heterocycles. The third-order valence-corrected chi connectivity index (χ3v) is 1.23. The third kappa shape index (κ3) is 3.25. The number of ether oxygens (including phenoxy) is 1. The van der Waals surface area contributed by atoms with Gasteiger partial charge in [0, 0.05) is 50.8 Å². The van der Waals surface area contributed by atoms with Crippen molar-refractivity contribution < 1.29 is 42.5 Å². The fourth-order valence-electron chi connectivity index (χ4n) is 0.655. The molecule has 0 saturated carbocycles. The molecule has 0 unspecified atom stereocenters. The molecule has 0 aromatic carbocycles. The molecule has 0 aromatic rings. The summed E-state index contributed by atoms with van der Waals surface area (Å²) in [6.45, 7) is 4.02. The Labute approximate surface area is 80.2 Å². The average molecular weight is 141 g/mol. The van der Waals surface area contributed by atoms with Crippen LogP contribution in [-0.4, -0.2) is 38.3 Å². The van der Waals surface area contributed by atoms with Gasteiger partial charge in [-0.05, 0) is 7.05 Å². The van der Waals surface area contributed by atoms with Crippen molar-refractivity contribution in [3.8, 4) is 0 Å². The van der Waals surface area contributed by atoms with Crippen molar-refractivity contribution in [1.82, 2.24) is 4.90 Å². The minimum absolute atomic E-state index is 0. The van der Waals surface area contributed by atoms with Crippen molar-refractivity contribution >= 4 is 0 Å². The maximum Gasteiger partial charge on any atom is 0.0594 e. The second kappa shape index (κ2) is 5.00. The van der Waals surface area contributed by atoms with Gasteiger partial charge in [0.25, 0.3) is 0 Å². The summed E-state index contributed by atoms with van der Waals surface area (Å²) in [5, 5.41) is 0. The number of likely N-dealkylation sites (N-methyl/N-ethyl adjacent to an activating group) is 1. The largest absolute Gasteiger partial charge is 0.379 e. The Morgan fingerprint density at radius 2 is 1.75 bits per heavy atom. The predicted molar refractivity (Wildman–Crippen MR) is 28.3 cm³/mol. The monoisotopic (exact) mass is 141 g/mol. The first kappa shape index (κ1) is 9.18. The minimum Gasteiger partial charge on any atom is -0.379 e. The van der Waals surface area contributed by atoms with Gasteiger partial charge in [-0.1, -0.05) is 0 Å². The maximum absolute atomic E-state index is 5.10. The summed E-state index contributed by atoms with van der Waals surface area (Å²) in [5.74, 6) is 0. The van der Waals surface area contributed by atoms with Crippen molar-refractivity contribution in [2.24, 2.45) is 0 Å². The van der Waals surface area contributed by atoms with Crippen LogP contribution in [0.15, 0.2) is 0 Å². The Kier molecular flexibility index (Phi) is 5.74. The molecular weight excluding hydrogens is 130 g/mol. The van der Waals surface area contributed by atoms with E-state index in [1.54, 1.807) is 0 Å². The molecule has 8 heavy (non-hydrogen) atoms. The molecule has 0 radical (unpaired) electrons. The number of rotatable bonds is 0. The first-order chi connectivity index (χ1) is 3.39. The molecule has 0 amide bonds. The van der Waals surface area contributed by atoms with Crippen LogP contribution in [0.1, 0.15) is 0 Å². The van der Waals surface area contributed by atoms with Gasteiger partial charge in [0.05, 0.1) is 13.2 Å². The number of morpholine rings is 1. The van der Waals surface area contributed by atoms with Crippen molar-refractivity contribution in [2.75, 3.05) is 33.4 Å². The van der Waals surface area contributed by atoms with Crippen LogP contribution < -0.4 is 0 Å². The molecule has 1 rings (SSSR count). The Morgan fingerprint density at radius 3 is 2.00 bits per heavy atom. The van der Waals surface area contributed by atoms with Crippen LogP contribution in [-0.2, 0) is 4.74 Å². The standard InChI is InChI=1S/C5H11NO.Ar/c1-6-2-4-7-5-3-6;/h2-5H2,1H3;. The number of nitrogens with zero attached hydrogens (tertiary/aromatic N) is 1. The normalized spacial score (nSPS) is 22.1. The molecule has 2 nitrogen and oxygen atoms in total. The molecule has 0 N–H and O–H groups in total. The van der Waals surface area contributed by atoms with E-state index in [9.17, 15) is 0 Å². The van der Waals surface area contributed by atoms with Crippen LogP contribution in [0.4, 0.5) is 0 Å². The summed E-state index contributed by atoms with van der Waals surface area (Å²) in [6, 6.07) is 0. The maximum atomic E-state index is 5.10. The smallest absolute Gasteiger partial charge is 0.0594 e.